The lowest BCUT2D eigenvalue weighted by atomic mass is 10.3. The number of benzene rings is 1. The van der Waals surface area contributed by atoms with Crippen molar-refractivity contribution in [3.05, 3.63) is 30.1 Å². The Morgan fingerprint density at radius 3 is 2.59 bits per heavy atom. The zero-order valence-electron chi connectivity index (χ0n) is 16.6. The molecule has 2 N–H and O–H groups in total. The van der Waals surface area contributed by atoms with E-state index in [1.807, 2.05) is 13.8 Å². The predicted octanol–water partition coefficient (Wildman–Crippen LogP) is 1.64. The number of nitrogens with zero attached hydrogens (tertiary/aromatic N) is 2. The number of amides is 1. The number of ether oxygens (including phenoxy) is 2. The van der Waals surface area contributed by atoms with Crippen molar-refractivity contribution in [3.63, 3.8) is 0 Å². The summed E-state index contributed by atoms with van der Waals surface area (Å²) in [4.78, 5) is 17.6. The van der Waals surface area contributed by atoms with Crippen molar-refractivity contribution in [2.45, 2.75) is 26.4 Å². The standard InChI is InChI=1S/C19H31FN4O3/c1-5-26-12-6-11-21-19(23-14-18(25)24(3)4)22-13-15(2)27-17-9-7-16(20)8-10-17/h7-10,15H,5-6,11-14H2,1-4H3,(H2,21,22,23). The van der Waals surface area contributed by atoms with E-state index >= 15 is 0 Å². The quantitative estimate of drug-likeness (QED) is 0.346. The maximum absolute atomic E-state index is 12.9. The average molecular weight is 382 g/mol. The van der Waals surface area contributed by atoms with E-state index in [4.69, 9.17) is 9.47 Å². The molecule has 0 saturated carbocycles. The van der Waals surface area contributed by atoms with Crippen LogP contribution < -0.4 is 15.4 Å². The summed E-state index contributed by atoms with van der Waals surface area (Å²) in [6.45, 7) is 6.42. The summed E-state index contributed by atoms with van der Waals surface area (Å²) < 4.78 is 24.0. The van der Waals surface area contributed by atoms with E-state index in [2.05, 4.69) is 15.6 Å². The van der Waals surface area contributed by atoms with E-state index in [0.29, 0.717) is 38.0 Å². The first kappa shape index (κ1) is 22.7. The van der Waals surface area contributed by atoms with Gasteiger partial charge in [-0.15, -0.1) is 0 Å². The van der Waals surface area contributed by atoms with Crippen molar-refractivity contribution in [1.82, 2.24) is 15.5 Å². The molecule has 1 unspecified atom stereocenters. The summed E-state index contributed by atoms with van der Waals surface area (Å²) >= 11 is 0. The fourth-order valence-corrected chi connectivity index (χ4v) is 2.02. The van der Waals surface area contributed by atoms with Gasteiger partial charge in [-0.05, 0) is 44.5 Å². The van der Waals surface area contributed by atoms with Crippen molar-refractivity contribution in [3.8, 4) is 5.75 Å². The third-order valence-corrected chi connectivity index (χ3v) is 3.54. The van der Waals surface area contributed by atoms with Crippen LogP contribution in [0.1, 0.15) is 20.3 Å². The number of nitrogens with one attached hydrogen (secondary N) is 2. The molecule has 0 saturated heterocycles. The molecule has 1 atom stereocenters. The monoisotopic (exact) mass is 382 g/mol. The van der Waals surface area contributed by atoms with Crippen LogP contribution in [0.15, 0.2) is 29.3 Å². The number of hydrogen-bond acceptors (Lipinski definition) is 4. The second-order valence-corrected chi connectivity index (χ2v) is 6.19. The molecular formula is C19H31FN4O3. The number of carbonyl (C=O) groups is 1. The van der Waals surface area contributed by atoms with Gasteiger partial charge in [-0.25, -0.2) is 9.38 Å². The van der Waals surface area contributed by atoms with Crippen LogP contribution in [-0.4, -0.2) is 69.8 Å². The Morgan fingerprint density at radius 1 is 1.26 bits per heavy atom. The molecule has 0 aliphatic carbocycles. The fraction of sp³-hybridized carbons (Fsp3) is 0.579. The van der Waals surface area contributed by atoms with Crippen molar-refractivity contribution < 1.29 is 18.7 Å². The molecule has 27 heavy (non-hydrogen) atoms. The molecule has 8 heteroatoms. The van der Waals surface area contributed by atoms with Gasteiger partial charge < -0.3 is 25.0 Å². The largest absolute Gasteiger partial charge is 0.489 e. The van der Waals surface area contributed by atoms with Crippen LogP contribution in [0.2, 0.25) is 0 Å². The molecule has 0 aromatic heterocycles. The van der Waals surface area contributed by atoms with E-state index in [-0.39, 0.29) is 24.4 Å². The molecule has 0 spiro atoms. The van der Waals surface area contributed by atoms with Crippen LogP contribution in [0, 0.1) is 5.82 Å². The zero-order valence-corrected chi connectivity index (χ0v) is 16.6. The Morgan fingerprint density at radius 2 is 1.96 bits per heavy atom. The molecule has 1 aromatic carbocycles. The number of likely N-dealkylation sites (N-methyl/N-ethyl adjacent to an activating group) is 1. The first-order chi connectivity index (χ1) is 12.9. The van der Waals surface area contributed by atoms with Gasteiger partial charge in [0.05, 0.1) is 6.54 Å². The molecule has 1 amide bonds. The highest BCUT2D eigenvalue weighted by Gasteiger charge is 2.08. The Hall–Kier alpha value is -2.35. The molecule has 1 rings (SSSR count). The van der Waals surface area contributed by atoms with Crippen LogP contribution in [0.5, 0.6) is 5.75 Å². The van der Waals surface area contributed by atoms with Crippen molar-refractivity contribution in [2.75, 3.05) is 46.9 Å². The Labute approximate surface area is 160 Å². The van der Waals surface area contributed by atoms with Crippen molar-refractivity contribution in [1.29, 1.82) is 0 Å². The summed E-state index contributed by atoms with van der Waals surface area (Å²) in [5.74, 6) is 0.748. The molecule has 1 aromatic rings. The van der Waals surface area contributed by atoms with Gasteiger partial charge in [-0.3, -0.25) is 4.79 Å². The molecule has 0 bridgehead atoms. The van der Waals surface area contributed by atoms with E-state index in [1.165, 1.54) is 17.0 Å². The molecule has 0 heterocycles. The van der Waals surface area contributed by atoms with Gasteiger partial charge in [0, 0.05) is 33.9 Å². The molecule has 0 radical (unpaired) electrons. The maximum Gasteiger partial charge on any atom is 0.243 e. The minimum absolute atomic E-state index is 0.0565. The fourth-order valence-electron chi connectivity index (χ4n) is 2.02. The van der Waals surface area contributed by atoms with Crippen molar-refractivity contribution in [2.24, 2.45) is 4.99 Å². The average Bonchev–Trinajstić information content (AvgIpc) is 2.64. The van der Waals surface area contributed by atoms with Crippen LogP contribution >= 0.6 is 0 Å². The lowest BCUT2D eigenvalue weighted by Gasteiger charge is -2.18. The Balaban J connectivity index is 2.51. The first-order valence-corrected chi connectivity index (χ1v) is 9.14. The Bertz CT molecular complexity index is 579. The number of aliphatic imine (C=N–C) groups is 1. The van der Waals surface area contributed by atoms with E-state index in [0.717, 1.165) is 6.42 Å². The summed E-state index contributed by atoms with van der Waals surface area (Å²) in [7, 11) is 3.39. The van der Waals surface area contributed by atoms with Gasteiger partial charge >= 0.3 is 0 Å². The first-order valence-electron chi connectivity index (χ1n) is 9.14. The smallest absolute Gasteiger partial charge is 0.243 e. The van der Waals surface area contributed by atoms with Crippen LogP contribution in [0.4, 0.5) is 4.39 Å². The molecule has 0 aliphatic rings. The highest BCUT2D eigenvalue weighted by Crippen LogP contribution is 2.12. The molecule has 0 fully saturated rings. The second kappa shape index (κ2) is 12.9. The SMILES string of the molecule is CCOCCCNC(=NCC(=O)N(C)C)NCC(C)Oc1ccc(F)cc1. The van der Waals surface area contributed by atoms with Crippen LogP contribution in [0.25, 0.3) is 0 Å². The van der Waals surface area contributed by atoms with Crippen LogP contribution in [-0.2, 0) is 9.53 Å². The highest BCUT2D eigenvalue weighted by atomic mass is 19.1. The number of rotatable bonds is 11. The summed E-state index contributed by atoms with van der Waals surface area (Å²) in [6.07, 6.45) is 0.660. The summed E-state index contributed by atoms with van der Waals surface area (Å²) in [5.41, 5.74) is 0. The van der Waals surface area contributed by atoms with E-state index in [9.17, 15) is 9.18 Å². The predicted molar refractivity (Wildman–Crippen MR) is 105 cm³/mol. The number of carbonyl (C=O) groups excluding carboxylic acids is 1. The molecule has 7 nitrogen and oxygen atoms in total. The summed E-state index contributed by atoms with van der Waals surface area (Å²) in [6, 6.07) is 5.88. The van der Waals surface area contributed by atoms with E-state index < -0.39 is 0 Å². The molecular weight excluding hydrogens is 351 g/mol. The van der Waals surface area contributed by atoms with Crippen LogP contribution in [0.3, 0.4) is 0 Å². The van der Waals surface area contributed by atoms with Gasteiger partial charge in [0.1, 0.15) is 24.2 Å². The third-order valence-electron chi connectivity index (χ3n) is 3.54. The normalized spacial score (nSPS) is 12.4. The van der Waals surface area contributed by atoms with Gasteiger partial charge in [-0.1, -0.05) is 0 Å². The lowest BCUT2D eigenvalue weighted by molar-refractivity contribution is -0.127. The van der Waals surface area contributed by atoms with Gasteiger partial charge in [-0.2, -0.15) is 0 Å². The minimum Gasteiger partial charge on any atom is -0.489 e. The third kappa shape index (κ3) is 10.4. The topological polar surface area (TPSA) is 75.2 Å². The molecule has 0 aliphatic heterocycles. The van der Waals surface area contributed by atoms with Gasteiger partial charge in [0.25, 0.3) is 0 Å². The number of hydrogen-bond donors (Lipinski definition) is 2. The number of guanidine groups is 1. The summed E-state index contributed by atoms with van der Waals surface area (Å²) in [5, 5.41) is 6.35. The highest BCUT2D eigenvalue weighted by molar-refractivity contribution is 5.84. The second-order valence-electron chi connectivity index (χ2n) is 6.19. The number of halogens is 1. The van der Waals surface area contributed by atoms with Gasteiger partial charge in [0.15, 0.2) is 5.96 Å². The van der Waals surface area contributed by atoms with Crippen molar-refractivity contribution >= 4 is 11.9 Å². The van der Waals surface area contributed by atoms with E-state index in [1.54, 1.807) is 26.2 Å². The zero-order chi connectivity index (χ0) is 20.1. The maximum atomic E-state index is 12.9. The Kier molecular flexibility index (Phi) is 10.9. The van der Waals surface area contributed by atoms with Gasteiger partial charge in [0.2, 0.25) is 5.91 Å². The lowest BCUT2D eigenvalue weighted by Crippen LogP contribution is -2.43. The minimum atomic E-state index is -0.302. The molecule has 152 valence electrons.